The topological polar surface area (TPSA) is 71.3 Å². The van der Waals surface area contributed by atoms with Crippen LogP contribution in [0.2, 0.25) is 5.15 Å². The lowest BCUT2D eigenvalue weighted by Crippen LogP contribution is -2.38. The van der Waals surface area contributed by atoms with Crippen LogP contribution in [-0.2, 0) is 4.79 Å². The summed E-state index contributed by atoms with van der Waals surface area (Å²) in [4.78, 5) is 30.9. The molecule has 0 radical (unpaired) electrons. The minimum Gasteiger partial charge on any atom is -0.323 e. The third-order valence-electron chi connectivity index (χ3n) is 3.47. The minimum absolute atomic E-state index is 0.0384. The molecule has 120 valence electrons. The Morgan fingerprint density at radius 2 is 2.35 bits per heavy atom. The van der Waals surface area contributed by atoms with Crippen molar-refractivity contribution in [3.63, 3.8) is 0 Å². The summed E-state index contributed by atoms with van der Waals surface area (Å²) in [6, 6.07) is 3.62. The Labute approximate surface area is 142 Å². The Balaban J connectivity index is 1.77. The number of hydrogen-bond donors (Lipinski definition) is 0. The zero-order chi connectivity index (χ0) is 16.4. The lowest BCUT2D eigenvalue weighted by atomic mass is 10.4. The third kappa shape index (κ3) is 3.32. The fraction of sp³-hybridized carbons (Fsp3) is 0.286. The van der Waals surface area contributed by atoms with E-state index in [2.05, 4.69) is 10.1 Å². The fourth-order valence-corrected chi connectivity index (χ4v) is 3.25. The zero-order valence-electron chi connectivity index (χ0n) is 12.3. The van der Waals surface area contributed by atoms with Crippen molar-refractivity contribution >= 4 is 40.2 Å². The Hall–Kier alpha value is -2.06. The van der Waals surface area contributed by atoms with Gasteiger partial charge in [0.2, 0.25) is 5.91 Å². The lowest BCUT2D eigenvalue weighted by Gasteiger charge is -2.20. The Morgan fingerprint density at radius 3 is 3.00 bits per heavy atom. The summed E-state index contributed by atoms with van der Waals surface area (Å²) in [6.45, 7) is 0.627. The minimum atomic E-state index is -0.214. The van der Waals surface area contributed by atoms with E-state index < -0.39 is 0 Å². The molecule has 1 aliphatic heterocycles. The largest absolute Gasteiger partial charge is 0.323 e. The van der Waals surface area contributed by atoms with Crippen LogP contribution in [0.3, 0.4) is 0 Å². The molecule has 1 saturated heterocycles. The van der Waals surface area contributed by atoms with Crippen molar-refractivity contribution in [1.82, 2.24) is 19.7 Å². The lowest BCUT2D eigenvalue weighted by molar-refractivity contribution is -0.118. The number of carbonyl (C=O) groups is 2. The number of thioether (sulfide) groups is 1. The number of nitrogens with zero attached hydrogens (tertiary/aromatic N) is 5. The van der Waals surface area contributed by atoms with Crippen LogP contribution in [0.25, 0.3) is 5.69 Å². The SMILES string of the molecule is CN(C(=O)CN1CCSC1=O)c1cn(-c2cccnc2)nc1Cl. The van der Waals surface area contributed by atoms with Crippen LogP contribution < -0.4 is 4.90 Å². The highest BCUT2D eigenvalue weighted by atomic mass is 35.5. The maximum Gasteiger partial charge on any atom is 0.282 e. The molecule has 0 unspecified atom stereocenters. The Bertz CT molecular complexity index is 736. The molecule has 3 rings (SSSR count). The first-order chi connectivity index (χ1) is 11.1. The van der Waals surface area contributed by atoms with Gasteiger partial charge in [0.05, 0.1) is 18.1 Å². The van der Waals surface area contributed by atoms with Crippen molar-refractivity contribution in [1.29, 1.82) is 0 Å². The first-order valence-electron chi connectivity index (χ1n) is 6.90. The van der Waals surface area contributed by atoms with Gasteiger partial charge in [-0.2, -0.15) is 5.10 Å². The number of pyridine rings is 1. The van der Waals surface area contributed by atoms with Crippen molar-refractivity contribution in [2.24, 2.45) is 0 Å². The fourth-order valence-electron chi connectivity index (χ4n) is 2.16. The van der Waals surface area contributed by atoms with Gasteiger partial charge in [-0.1, -0.05) is 23.4 Å². The molecule has 0 aliphatic carbocycles. The summed E-state index contributed by atoms with van der Waals surface area (Å²) in [5, 5.41) is 4.34. The van der Waals surface area contributed by atoms with E-state index in [4.69, 9.17) is 11.6 Å². The van der Waals surface area contributed by atoms with Gasteiger partial charge >= 0.3 is 0 Å². The van der Waals surface area contributed by atoms with Gasteiger partial charge in [-0.05, 0) is 12.1 Å². The van der Waals surface area contributed by atoms with Crippen LogP contribution >= 0.6 is 23.4 Å². The van der Waals surface area contributed by atoms with Crippen LogP contribution in [-0.4, -0.2) is 56.7 Å². The Morgan fingerprint density at radius 1 is 1.52 bits per heavy atom. The second-order valence-corrected chi connectivity index (χ2v) is 6.35. The van der Waals surface area contributed by atoms with Gasteiger partial charge in [0.25, 0.3) is 5.24 Å². The summed E-state index contributed by atoms with van der Waals surface area (Å²) in [7, 11) is 1.62. The van der Waals surface area contributed by atoms with E-state index in [1.165, 1.54) is 21.6 Å². The maximum atomic E-state index is 12.4. The van der Waals surface area contributed by atoms with Gasteiger partial charge in [0, 0.05) is 25.5 Å². The molecule has 3 heterocycles. The number of anilines is 1. The second-order valence-electron chi connectivity index (χ2n) is 4.95. The molecule has 0 bridgehead atoms. The molecule has 7 nitrogen and oxygen atoms in total. The summed E-state index contributed by atoms with van der Waals surface area (Å²) in [5.74, 6) is 0.503. The van der Waals surface area contributed by atoms with Crippen LogP contribution in [0.1, 0.15) is 0 Å². The highest BCUT2D eigenvalue weighted by Gasteiger charge is 2.26. The van der Waals surface area contributed by atoms with Crippen molar-refractivity contribution in [3.8, 4) is 5.69 Å². The normalized spacial score (nSPS) is 14.3. The molecule has 0 aromatic carbocycles. The molecule has 0 N–H and O–H groups in total. The summed E-state index contributed by atoms with van der Waals surface area (Å²) in [5.41, 5.74) is 1.23. The molecular formula is C14H14ClN5O2S. The van der Waals surface area contributed by atoms with E-state index in [0.717, 1.165) is 11.4 Å². The van der Waals surface area contributed by atoms with Crippen molar-refractivity contribution in [3.05, 3.63) is 35.9 Å². The summed E-state index contributed by atoms with van der Waals surface area (Å²) < 4.78 is 1.56. The zero-order valence-corrected chi connectivity index (χ0v) is 13.9. The average molecular weight is 352 g/mol. The number of hydrogen-bond acceptors (Lipinski definition) is 5. The van der Waals surface area contributed by atoms with E-state index in [9.17, 15) is 9.59 Å². The number of likely N-dealkylation sites (N-methyl/N-ethyl adjacent to an activating group) is 1. The first-order valence-corrected chi connectivity index (χ1v) is 8.26. The number of carbonyl (C=O) groups excluding carboxylic acids is 2. The molecular weight excluding hydrogens is 338 g/mol. The quantitative estimate of drug-likeness (QED) is 0.843. The van der Waals surface area contributed by atoms with Crippen LogP contribution in [0.4, 0.5) is 10.5 Å². The first kappa shape index (κ1) is 15.8. The number of amides is 2. The molecule has 1 fully saturated rings. The van der Waals surface area contributed by atoms with Gasteiger partial charge < -0.3 is 9.80 Å². The molecule has 0 saturated carbocycles. The van der Waals surface area contributed by atoms with Crippen molar-refractivity contribution in [2.75, 3.05) is 30.8 Å². The molecule has 2 aromatic heterocycles. The number of rotatable bonds is 4. The monoisotopic (exact) mass is 351 g/mol. The van der Waals surface area contributed by atoms with Crippen molar-refractivity contribution < 1.29 is 9.59 Å². The van der Waals surface area contributed by atoms with Gasteiger partial charge in [-0.25, -0.2) is 4.68 Å². The number of halogens is 1. The average Bonchev–Trinajstić information content (AvgIpc) is 3.14. The summed E-state index contributed by atoms with van der Waals surface area (Å²) in [6.07, 6.45) is 4.98. The van der Waals surface area contributed by atoms with Gasteiger partial charge in [0.1, 0.15) is 12.2 Å². The highest BCUT2D eigenvalue weighted by molar-refractivity contribution is 8.13. The predicted octanol–water partition coefficient (Wildman–Crippen LogP) is 2.05. The molecule has 0 atom stereocenters. The van der Waals surface area contributed by atoms with E-state index in [0.29, 0.717) is 12.2 Å². The predicted molar refractivity (Wildman–Crippen MR) is 89.2 cm³/mol. The smallest absolute Gasteiger partial charge is 0.282 e. The second kappa shape index (κ2) is 6.59. The van der Waals surface area contributed by atoms with Crippen LogP contribution in [0, 0.1) is 0 Å². The Kier molecular flexibility index (Phi) is 4.53. The molecule has 0 spiro atoms. The van der Waals surface area contributed by atoms with Crippen LogP contribution in [0.5, 0.6) is 0 Å². The van der Waals surface area contributed by atoms with E-state index in [1.54, 1.807) is 36.4 Å². The molecule has 23 heavy (non-hydrogen) atoms. The van der Waals surface area contributed by atoms with Crippen LogP contribution in [0.15, 0.2) is 30.7 Å². The van der Waals surface area contributed by atoms with Gasteiger partial charge in [0.15, 0.2) is 5.15 Å². The standard InChI is InChI=1S/C14H14ClN5O2S/c1-18(12(21)9-19-5-6-23-14(19)22)11-8-20(17-13(11)15)10-3-2-4-16-7-10/h2-4,7-8H,5-6,9H2,1H3. The molecule has 2 amide bonds. The number of aromatic nitrogens is 3. The van der Waals surface area contributed by atoms with Gasteiger partial charge in [-0.3, -0.25) is 14.6 Å². The third-order valence-corrected chi connectivity index (χ3v) is 4.63. The molecule has 9 heteroatoms. The summed E-state index contributed by atoms with van der Waals surface area (Å²) >= 11 is 7.37. The van der Waals surface area contributed by atoms with Gasteiger partial charge in [-0.15, -0.1) is 0 Å². The van der Waals surface area contributed by atoms with Crippen molar-refractivity contribution in [2.45, 2.75) is 0 Å². The molecule has 2 aromatic rings. The van der Waals surface area contributed by atoms with E-state index >= 15 is 0 Å². The highest BCUT2D eigenvalue weighted by Crippen LogP contribution is 2.25. The maximum absolute atomic E-state index is 12.4. The molecule has 1 aliphatic rings. The van der Waals surface area contributed by atoms with E-state index in [-0.39, 0.29) is 22.8 Å². The van der Waals surface area contributed by atoms with E-state index in [1.807, 2.05) is 6.07 Å².